The molecule has 3 rings (SSSR count). The second-order valence-electron chi connectivity index (χ2n) is 7.53. The summed E-state index contributed by atoms with van der Waals surface area (Å²) in [5.74, 6) is -0.241. The van der Waals surface area contributed by atoms with Crippen LogP contribution in [0.5, 0.6) is 0 Å². The maximum Gasteiger partial charge on any atom is 0.241 e. The molecule has 0 unspecified atom stereocenters. The average molecular weight is 448 g/mol. The minimum Gasteiger partial charge on any atom is -0.372 e. The lowest BCUT2D eigenvalue weighted by Crippen LogP contribution is -2.29. The first kappa shape index (κ1) is 22.7. The summed E-state index contributed by atoms with van der Waals surface area (Å²) in [6.07, 6.45) is 5.60. The van der Waals surface area contributed by atoms with Gasteiger partial charge in [0.25, 0.3) is 0 Å². The maximum absolute atomic E-state index is 12.9. The first-order valence-corrected chi connectivity index (χ1v) is 12.8. The highest BCUT2D eigenvalue weighted by Crippen LogP contribution is 2.29. The van der Waals surface area contributed by atoms with Crippen molar-refractivity contribution >= 4 is 39.1 Å². The highest BCUT2D eigenvalue weighted by atomic mass is 32.2. The summed E-state index contributed by atoms with van der Waals surface area (Å²) in [6, 6.07) is 12.5. The molecule has 2 N–H and O–H groups in total. The Morgan fingerprint density at radius 3 is 2.33 bits per heavy atom. The van der Waals surface area contributed by atoms with Crippen LogP contribution in [0.4, 0.5) is 11.4 Å². The van der Waals surface area contributed by atoms with Gasteiger partial charge in [-0.25, -0.2) is 13.1 Å². The molecule has 0 aromatic heterocycles. The van der Waals surface area contributed by atoms with E-state index in [4.69, 9.17) is 0 Å². The molecule has 6 nitrogen and oxygen atoms in total. The van der Waals surface area contributed by atoms with E-state index in [2.05, 4.69) is 27.1 Å². The van der Waals surface area contributed by atoms with Crippen LogP contribution >= 0.6 is 11.8 Å². The molecule has 1 heterocycles. The smallest absolute Gasteiger partial charge is 0.241 e. The van der Waals surface area contributed by atoms with Crippen LogP contribution in [0.25, 0.3) is 0 Å². The SMILES string of the molecule is CSc1ccc(S(=O)(=O)N[C@@H](C)c2ccc(N3CCCCC3)cc2)cc1NC(C)=O. The summed E-state index contributed by atoms with van der Waals surface area (Å²) in [7, 11) is -3.74. The van der Waals surface area contributed by atoms with Crippen molar-refractivity contribution in [2.45, 2.75) is 48.9 Å². The largest absolute Gasteiger partial charge is 0.372 e. The standard InChI is InChI=1S/C22H29N3O3S2/c1-16(18-7-9-19(10-8-18)25-13-5-4-6-14-25)24-30(27,28)20-11-12-22(29-3)21(15-20)23-17(2)26/h7-12,15-16,24H,4-6,13-14H2,1-3H3,(H,23,26)/t16-/m0/s1. The second-order valence-corrected chi connectivity index (χ2v) is 10.1. The van der Waals surface area contributed by atoms with Crippen molar-refractivity contribution in [2.75, 3.05) is 29.6 Å². The van der Waals surface area contributed by atoms with Crippen LogP contribution in [-0.4, -0.2) is 33.7 Å². The minimum atomic E-state index is -3.74. The van der Waals surface area contributed by atoms with Gasteiger partial charge in [-0.1, -0.05) is 12.1 Å². The van der Waals surface area contributed by atoms with Crippen LogP contribution in [-0.2, 0) is 14.8 Å². The van der Waals surface area contributed by atoms with E-state index < -0.39 is 10.0 Å². The molecule has 0 radical (unpaired) electrons. The van der Waals surface area contributed by atoms with Gasteiger partial charge in [-0.15, -0.1) is 11.8 Å². The Bertz CT molecular complexity index is 985. The highest BCUT2D eigenvalue weighted by molar-refractivity contribution is 7.98. The van der Waals surface area contributed by atoms with Gasteiger partial charge >= 0.3 is 0 Å². The van der Waals surface area contributed by atoms with E-state index in [-0.39, 0.29) is 16.8 Å². The predicted octanol–water partition coefficient (Wildman–Crippen LogP) is 4.40. The Labute approximate surface area is 183 Å². The number of carbonyl (C=O) groups is 1. The molecule has 0 spiro atoms. The molecular weight excluding hydrogens is 418 g/mol. The molecule has 0 saturated carbocycles. The van der Waals surface area contributed by atoms with Crippen molar-refractivity contribution in [3.8, 4) is 0 Å². The van der Waals surface area contributed by atoms with Crippen LogP contribution in [0.3, 0.4) is 0 Å². The van der Waals surface area contributed by atoms with E-state index in [1.807, 2.05) is 25.3 Å². The summed E-state index contributed by atoms with van der Waals surface area (Å²) >= 11 is 1.45. The number of carbonyl (C=O) groups excluding carboxylic acids is 1. The van der Waals surface area contributed by atoms with Gasteiger partial charge in [0.1, 0.15) is 0 Å². The quantitative estimate of drug-likeness (QED) is 0.615. The van der Waals surface area contributed by atoms with Crippen molar-refractivity contribution in [2.24, 2.45) is 0 Å². The van der Waals surface area contributed by atoms with E-state index in [9.17, 15) is 13.2 Å². The molecule has 8 heteroatoms. The van der Waals surface area contributed by atoms with Gasteiger partial charge in [-0.3, -0.25) is 4.79 Å². The Kier molecular flexibility index (Phi) is 7.44. The lowest BCUT2D eigenvalue weighted by molar-refractivity contribution is -0.114. The number of hydrogen-bond donors (Lipinski definition) is 2. The molecule has 1 aliphatic rings. The van der Waals surface area contributed by atoms with Crippen molar-refractivity contribution in [1.82, 2.24) is 4.72 Å². The second kappa shape index (κ2) is 9.85. The van der Waals surface area contributed by atoms with E-state index in [0.29, 0.717) is 5.69 Å². The van der Waals surface area contributed by atoms with Gasteiger partial charge in [-0.05, 0) is 68.3 Å². The zero-order valence-electron chi connectivity index (χ0n) is 17.6. The van der Waals surface area contributed by atoms with Crippen molar-refractivity contribution in [3.63, 3.8) is 0 Å². The molecule has 1 amide bonds. The van der Waals surface area contributed by atoms with E-state index in [1.54, 1.807) is 12.1 Å². The number of nitrogens with one attached hydrogen (secondary N) is 2. The molecule has 162 valence electrons. The molecule has 0 aliphatic carbocycles. The van der Waals surface area contributed by atoms with Crippen LogP contribution in [0.2, 0.25) is 0 Å². The van der Waals surface area contributed by atoms with E-state index in [1.165, 1.54) is 49.7 Å². The Balaban J connectivity index is 1.75. The Morgan fingerprint density at radius 2 is 1.73 bits per heavy atom. The first-order valence-electron chi connectivity index (χ1n) is 10.1. The molecule has 0 bridgehead atoms. The van der Waals surface area contributed by atoms with Gasteiger partial charge in [0.15, 0.2) is 0 Å². The third-order valence-electron chi connectivity index (χ3n) is 5.24. The van der Waals surface area contributed by atoms with Gasteiger partial charge in [-0.2, -0.15) is 0 Å². The molecule has 1 saturated heterocycles. The number of amides is 1. The van der Waals surface area contributed by atoms with Crippen molar-refractivity contribution < 1.29 is 13.2 Å². The van der Waals surface area contributed by atoms with Gasteiger partial charge < -0.3 is 10.2 Å². The van der Waals surface area contributed by atoms with Crippen molar-refractivity contribution in [1.29, 1.82) is 0 Å². The van der Waals surface area contributed by atoms with Gasteiger partial charge in [0, 0.05) is 36.6 Å². The van der Waals surface area contributed by atoms with Crippen LogP contribution < -0.4 is 14.9 Å². The number of thioether (sulfide) groups is 1. The third kappa shape index (κ3) is 5.56. The van der Waals surface area contributed by atoms with E-state index in [0.717, 1.165) is 23.5 Å². The van der Waals surface area contributed by atoms with Gasteiger partial charge in [0.2, 0.25) is 15.9 Å². The lowest BCUT2D eigenvalue weighted by atomic mass is 10.1. The lowest BCUT2D eigenvalue weighted by Gasteiger charge is -2.29. The zero-order chi connectivity index (χ0) is 21.7. The number of benzene rings is 2. The molecule has 2 aromatic carbocycles. The number of nitrogens with zero attached hydrogens (tertiary/aromatic N) is 1. The normalized spacial score (nSPS) is 15.6. The minimum absolute atomic E-state index is 0.126. The number of anilines is 2. The van der Waals surface area contributed by atoms with Crippen LogP contribution in [0, 0.1) is 0 Å². The zero-order valence-corrected chi connectivity index (χ0v) is 19.3. The first-order chi connectivity index (χ1) is 14.3. The molecule has 1 fully saturated rings. The number of piperidine rings is 1. The van der Waals surface area contributed by atoms with Crippen LogP contribution in [0.1, 0.15) is 44.7 Å². The summed E-state index contributed by atoms with van der Waals surface area (Å²) in [5.41, 5.74) is 2.58. The fourth-order valence-corrected chi connectivity index (χ4v) is 5.43. The number of hydrogen-bond acceptors (Lipinski definition) is 5. The molecule has 1 atom stereocenters. The number of sulfonamides is 1. The maximum atomic E-state index is 12.9. The monoisotopic (exact) mass is 447 g/mol. The number of rotatable bonds is 7. The Morgan fingerprint density at radius 1 is 1.07 bits per heavy atom. The topological polar surface area (TPSA) is 78.5 Å². The Hall–Kier alpha value is -2.03. The van der Waals surface area contributed by atoms with Crippen LogP contribution in [0.15, 0.2) is 52.3 Å². The summed E-state index contributed by atoms with van der Waals surface area (Å²) in [5, 5.41) is 2.70. The predicted molar refractivity (Wildman–Crippen MR) is 124 cm³/mol. The summed E-state index contributed by atoms with van der Waals surface area (Å²) in [4.78, 5) is 14.8. The van der Waals surface area contributed by atoms with Gasteiger partial charge in [0.05, 0.1) is 10.6 Å². The molecule has 1 aliphatic heterocycles. The van der Waals surface area contributed by atoms with E-state index >= 15 is 0 Å². The fourth-order valence-electron chi connectivity index (χ4n) is 3.64. The molecule has 2 aromatic rings. The highest BCUT2D eigenvalue weighted by Gasteiger charge is 2.20. The molecular formula is C22H29N3O3S2. The third-order valence-corrected chi connectivity index (χ3v) is 7.57. The fraction of sp³-hybridized carbons (Fsp3) is 0.409. The average Bonchev–Trinajstić information content (AvgIpc) is 2.73. The molecule has 30 heavy (non-hydrogen) atoms. The van der Waals surface area contributed by atoms with Crippen molar-refractivity contribution in [3.05, 3.63) is 48.0 Å². The summed E-state index contributed by atoms with van der Waals surface area (Å²) < 4.78 is 28.6. The summed E-state index contributed by atoms with van der Waals surface area (Å²) in [6.45, 7) is 5.38.